The van der Waals surface area contributed by atoms with E-state index in [2.05, 4.69) is 4.98 Å². The maximum Gasteiger partial charge on any atom is 0.263 e. The highest BCUT2D eigenvalue weighted by molar-refractivity contribution is 7.89. The predicted octanol–water partition coefficient (Wildman–Crippen LogP) is 2.46. The Labute approximate surface area is 123 Å². The van der Waals surface area contributed by atoms with E-state index in [1.165, 1.54) is 22.2 Å². The third kappa shape index (κ3) is 2.59. The van der Waals surface area contributed by atoms with Gasteiger partial charge in [-0.05, 0) is 12.5 Å². The van der Waals surface area contributed by atoms with E-state index >= 15 is 0 Å². The molecule has 108 valence electrons. The summed E-state index contributed by atoms with van der Waals surface area (Å²) in [5.41, 5.74) is 0.908. The third-order valence-electron chi connectivity index (χ3n) is 3.29. The maximum absolute atomic E-state index is 12.5. The molecule has 2 aromatic rings. The van der Waals surface area contributed by atoms with Crippen molar-refractivity contribution < 1.29 is 8.42 Å². The highest BCUT2D eigenvalue weighted by Gasteiger charge is 2.30. The van der Waals surface area contributed by atoms with E-state index in [-0.39, 0.29) is 16.2 Å². The Kier molecular flexibility index (Phi) is 4.17. The van der Waals surface area contributed by atoms with Crippen molar-refractivity contribution in [3.8, 4) is 0 Å². The Bertz CT molecular complexity index is 698. The molecule has 0 aliphatic carbocycles. The minimum atomic E-state index is -3.73. The van der Waals surface area contributed by atoms with Crippen molar-refractivity contribution in [2.45, 2.75) is 18.0 Å². The summed E-state index contributed by atoms with van der Waals surface area (Å²) in [6.45, 7) is 1.82. The van der Waals surface area contributed by atoms with E-state index in [1.807, 2.05) is 37.3 Å². The number of hydrogen-bond donors (Lipinski definition) is 0. The fourth-order valence-electron chi connectivity index (χ4n) is 1.85. The molecular weight excluding hydrogens is 298 g/mol. The van der Waals surface area contributed by atoms with Gasteiger partial charge < -0.3 is 4.57 Å². The van der Waals surface area contributed by atoms with Crippen LogP contribution in [-0.4, -0.2) is 29.3 Å². The maximum atomic E-state index is 12.5. The van der Waals surface area contributed by atoms with Crippen LogP contribution in [0.15, 0.2) is 41.7 Å². The molecule has 0 N–H and O–H groups in total. The molecule has 1 aromatic carbocycles. The van der Waals surface area contributed by atoms with Crippen LogP contribution in [0.1, 0.15) is 18.5 Å². The molecule has 1 heterocycles. The first-order valence-electron chi connectivity index (χ1n) is 6.05. The summed E-state index contributed by atoms with van der Waals surface area (Å²) >= 11 is 5.98. The van der Waals surface area contributed by atoms with Crippen LogP contribution in [0.3, 0.4) is 0 Å². The summed E-state index contributed by atoms with van der Waals surface area (Å²) in [4.78, 5) is 3.89. The summed E-state index contributed by atoms with van der Waals surface area (Å²) in [6, 6.07) is 9.10. The van der Waals surface area contributed by atoms with Crippen molar-refractivity contribution in [3.63, 3.8) is 0 Å². The number of rotatable bonds is 4. The van der Waals surface area contributed by atoms with Crippen molar-refractivity contribution >= 4 is 21.6 Å². The number of aryl methyl sites for hydroxylation is 1. The monoisotopic (exact) mass is 313 g/mol. The molecule has 1 atom stereocenters. The number of benzene rings is 1. The van der Waals surface area contributed by atoms with Crippen LogP contribution < -0.4 is 0 Å². The normalized spacial score (nSPS) is 13.7. The molecule has 20 heavy (non-hydrogen) atoms. The zero-order chi connectivity index (χ0) is 14.9. The van der Waals surface area contributed by atoms with E-state index in [9.17, 15) is 8.42 Å². The first-order valence-corrected chi connectivity index (χ1v) is 7.87. The lowest BCUT2D eigenvalue weighted by atomic mass is 10.1. The largest absolute Gasteiger partial charge is 0.324 e. The summed E-state index contributed by atoms with van der Waals surface area (Å²) in [6.07, 6.45) is 1.39. The van der Waals surface area contributed by atoms with Crippen molar-refractivity contribution in [1.29, 1.82) is 0 Å². The summed E-state index contributed by atoms with van der Waals surface area (Å²) in [5.74, 6) is 0. The van der Waals surface area contributed by atoms with Crippen LogP contribution in [0.25, 0.3) is 0 Å². The Morgan fingerprint density at radius 2 is 1.90 bits per heavy atom. The van der Waals surface area contributed by atoms with Crippen molar-refractivity contribution in [1.82, 2.24) is 13.9 Å². The van der Waals surface area contributed by atoms with Crippen molar-refractivity contribution in [3.05, 3.63) is 47.4 Å². The Balaban J connectivity index is 2.37. The lowest BCUT2D eigenvalue weighted by Gasteiger charge is -2.23. The average molecular weight is 314 g/mol. The molecule has 0 amide bonds. The first kappa shape index (κ1) is 15.0. The molecule has 0 aliphatic heterocycles. The zero-order valence-electron chi connectivity index (χ0n) is 11.5. The molecule has 0 spiro atoms. The quantitative estimate of drug-likeness (QED) is 0.871. The molecule has 0 saturated carbocycles. The molecule has 0 radical (unpaired) electrons. The van der Waals surface area contributed by atoms with E-state index in [4.69, 9.17) is 11.6 Å². The molecule has 0 bridgehead atoms. The molecule has 1 aromatic heterocycles. The van der Waals surface area contributed by atoms with Crippen LogP contribution in [-0.2, 0) is 17.1 Å². The Morgan fingerprint density at radius 1 is 1.30 bits per heavy atom. The lowest BCUT2D eigenvalue weighted by molar-refractivity contribution is 0.397. The number of nitrogens with zero attached hydrogens (tertiary/aromatic N) is 3. The van der Waals surface area contributed by atoms with Gasteiger partial charge in [0.25, 0.3) is 10.0 Å². The van der Waals surface area contributed by atoms with Crippen molar-refractivity contribution in [2.24, 2.45) is 7.05 Å². The van der Waals surface area contributed by atoms with Gasteiger partial charge in [-0.3, -0.25) is 0 Å². The highest BCUT2D eigenvalue weighted by atomic mass is 35.5. The van der Waals surface area contributed by atoms with Crippen molar-refractivity contribution in [2.75, 3.05) is 7.05 Å². The average Bonchev–Trinajstić information content (AvgIpc) is 2.79. The second-order valence-electron chi connectivity index (χ2n) is 4.56. The first-order chi connectivity index (χ1) is 9.35. The van der Waals surface area contributed by atoms with E-state index in [1.54, 1.807) is 7.05 Å². The number of halogens is 1. The van der Waals surface area contributed by atoms with Gasteiger partial charge in [-0.1, -0.05) is 41.9 Å². The number of imidazole rings is 1. The molecule has 0 saturated heterocycles. The second kappa shape index (κ2) is 5.55. The molecule has 0 unspecified atom stereocenters. The van der Waals surface area contributed by atoms with E-state index < -0.39 is 10.0 Å². The molecule has 5 nitrogen and oxygen atoms in total. The van der Waals surface area contributed by atoms with E-state index in [0.29, 0.717) is 0 Å². The minimum absolute atomic E-state index is 0.108. The summed E-state index contributed by atoms with van der Waals surface area (Å²) < 4.78 is 27.8. The number of sulfonamides is 1. The van der Waals surface area contributed by atoms with Gasteiger partial charge >= 0.3 is 0 Å². The topological polar surface area (TPSA) is 55.2 Å². The highest BCUT2D eigenvalue weighted by Crippen LogP contribution is 2.28. The zero-order valence-corrected chi connectivity index (χ0v) is 13.1. The fraction of sp³-hybridized carbons (Fsp3) is 0.308. The molecule has 0 aliphatic rings. The second-order valence-corrected chi connectivity index (χ2v) is 6.83. The van der Waals surface area contributed by atoms with Gasteiger partial charge in [-0.15, -0.1) is 0 Å². The SMILES string of the molecule is C[C@H](c1ccccc1)N(C)S(=O)(=O)c1ncn(C)c1Cl. The molecule has 0 fully saturated rings. The standard InChI is InChI=1S/C13H16ClN3O2S/c1-10(11-7-5-4-6-8-11)17(3)20(18,19)13-12(14)16(2)9-15-13/h4-10H,1-3H3/t10-/m1/s1. The molecular formula is C13H16ClN3O2S. The van der Waals surface area contributed by atoms with Gasteiger partial charge in [0.05, 0.1) is 6.33 Å². The van der Waals surface area contributed by atoms with Crippen LogP contribution in [0.5, 0.6) is 0 Å². The summed E-state index contributed by atoms with van der Waals surface area (Å²) in [7, 11) is -0.553. The van der Waals surface area contributed by atoms with Gasteiger partial charge in [0.1, 0.15) is 5.15 Å². The van der Waals surface area contributed by atoms with Gasteiger partial charge in [0.2, 0.25) is 5.03 Å². The molecule has 7 heteroatoms. The van der Waals surface area contributed by atoms with E-state index in [0.717, 1.165) is 5.56 Å². The van der Waals surface area contributed by atoms with Gasteiger partial charge in [-0.2, -0.15) is 4.31 Å². The predicted molar refractivity (Wildman–Crippen MR) is 78.0 cm³/mol. The van der Waals surface area contributed by atoms with Crippen LogP contribution in [0.2, 0.25) is 5.15 Å². The van der Waals surface area contributed by atoms with Crippen LogP contribution in [0.4, 0.5) is 0 Å². The smallest absolute Gasteiger partial charge is 0.263 e. The molecule has 2 rings (SSSR count). The van der Waals surface area contributed by atoms with Crippen LogP contribution in [0, 0.1) is 0 Å². The van der Waals surface area contributed by atoms with Gasteiger partial charge in [0.15, 0.2) is 0 Å². The van der Waals surface area contributed by atoms with Gasteiger partial charge in [0, 0.05) is 20.1 Å². The summed E-state index contributed by atoms with van der Waals surface area (Å²) in [5, 5.41) is -0.0101. The lowest BCUT2D eigenvalue weighted by Crippen LogP contribution is -2.30. The minimum Gasteiger partial charge on any atom is -0.324 e. The number of hydrogen-bond acceptors (Lipinski definition) is 3. The Morgan fingerprint density at radius 3 is 2.40 bits per heavy atom. The van der Waals surface area contributed by atoms with Crippen LogP contribution >= 0.6 is 11.6 Å². The number of aromatic nitrogens is 2. The fourth-order valence-corrected chi connectivity index (χ4v) is 3.59. The van der Waals surface area contributed by atoms with Gasteiger partial charge in [-0.25, -0.2) is 13.4 Å². The third-order valence-corrected chi connectivity index (χ3v) is 5.70. The Hall–Kier alpha value is -1.37.